The topological polar surface area (TPSA) is 36.9 Å². The third kappa shape index (κ3) is 7.16. The molecule has 0 saturated carbocycles. The number of hydrogen-bond acceptors (Lipinski definition) is 4. The summed E-state index contributed by atoms with van der Waals surface area (Å²) in [7, 11) is 1.99. The molecule has 0 unspecified atom stereocenters. The van der Waals surface area contributed by atoms with Gasteiger partial charge in [-0.15, -0.1) is 0 Å². The van der Waals surface area contributed by atoms with Crippen molar-refractivity contribution in [2.75, 3.05) is 27.4 Å². The summed E-state index contributed by atoms with van der Waals surface area (Å²) in [6.45, 7) is 3.45. The Labute approximate surface area is 123 Å². The van der Waals surface area contributed by atoms with E-state index in [1.165, 1.54) is 5.56 Å². The molecule has 0 aromatic heterocycles. The van der Waals surface area contributed by atoms with E-state index in [0.717, 1.165) is 19.1 Å². The Bertz CT molecular complexity index is 330. The second-order valence-electron chi connectivity index (χ2n) is 4.42. The van der Waals surface area contributed by atoms with Crippen LogP contribution in [0.1, 0.15) is 25.3 Å². The molecule has 0 fully saturated rings. The normalized spacial score (nSPS) is 11.4. The van der Waals surface area contributed by atoms with E-state index in [-0.39, 0.29) is 6.29 Å². The van der Waals surface area contributed by atoms with Crippen molar-refractivity contribution >= 4 is 9.28 Å². The van der Waals surface area contributed by atoms with E-state index < -0.39 is 9.28 Å². The molecule has 5 heteroatoms. The number of methoxy groups -OCH3 is 2. The monoisotopic (exact) mass is 297 g/mol. The number of rotatable bonds is 11. The number of hydrogen-bond donors (Lipinski definition) is 0. The van der Waals surface area contributed by atoms with E-state index in [9.17, 15) is 0 Å². The minimum atomic E-state index is -1.28. The van der Waals surface area contributed by atoms with Crippen LogP contribution in [-0.2, 0) is 24.4 Å². The molecule has 0 bridgehead atoms. The fourth-order valence-electron chi connectivity index (χ4n) is 1.72. The standard InChI is InChI=1S/C15H25O4Si/c1-4-11-18-20(13-14-8-6-5-7-9-14)19-12-10-15(16-2)17-3/h5-9,15H,4,10-13H2,1-3H3. The van der Waals surface area contributed by atoms with Gasteiger partial charge in [-0.2, -0.15) is 0 Å². The van der Waals surface area contributed by atoms with Gasteiger partial charge in [0.1, 0.15) is 0 Å². The van der Waals surface area contributed by atoms with Crippen molar-refractivity contribution in [3.63, 3.8) is 0 Å². The molecule has 0 aliphatic rings. The molecule has 1 aromatic carbocycles. The first-order valence-electron chi connectivity index (χ1n) is 7.01. The van der Waals surface area contributed by atoms with Crippen molar-refractivity contribution in [3.05, 3.63) is 35.9 Å². The molecule has 0 aliphatic heterocycles. The van der Waals surface area contributed by atoms with Gasteiger partial charge in [-0.25, -0.2) is 0 Å². The average molecular weight is 297 g/mol. The first kappa shape index (κ1) is 17.3. The van der Waals surface area contributed by atoms with Crippen molar-refractivity contribution < 1.29 is 18.3 Å². The van der Waals surface area contributed by atoms with Crippen LogP contribution in [0.3, 0.4) is 0 Å². The van der Waals surface area contributed by atoms with Crippen molar-refractivity contribution in [2.45, 2.75) is 32.1 Å². The molecule has 1 rings (SSSR count). The van der Waals surface area contributed by atoms with Crippen LogP contribution in [0.2, 0.25) is 0 Å². The molecule has 20 heavy (non-hydrogen) atoms. The van der Waals surface area contributed by atoms with Gasteiger partial charge < -0.3 is 18.3 Å². The molecule has 0 saturated heterocycles. The Hall–Kier alpha value is -0.723. The van der Waals surface area contributed by atoms with Crippen molar-refractivity contribution in [2.24, 2.45) is 0 Å². The summed E-state index contributed by atoms with van der Waals surface area (Å²) in [4.78, 5) is 0. The van der Waals surface area contributed by atoms with Crippen LogP contribution in [-0.4, -0.2) is 43.0 Å². The maximum atomic E-state index is 5.90. The molecule has 0 atom stereocenters. The van der Waals surface area contributed by atoms with Crippen molar-refractivity contribution in [1.29, 1.82) is 0 Å². The van der Waals surface area contributed by atoms with Crippen LogP contribution >= 0.6 is 0 Å². The van der Waals surface area contributed by atoms with Gasteiger partial charge >= 0.3 is 9.28 Å². The Kier molecular flexibility index (Phi) is 9.52. The van der Waals surface area contributed by atoms with Crippen molar-refractivity contribution in [3.8, 4) is 0 Å². The minimum Gasteiger partial charge on any atom is -0.393 e. The zero-order valence-corrected chi connectivity index (χ0v) is 13.6. The molecule has 0 amide bonds. The summed E-state index contributed by atoms with van der Waals surface area (Å²) in [5, 5.41) is 0. The van der Waals surface area contributed by atoms with Crippen LogP contribution in [0.4, 0.5) is 0 Å². The zero-order chi connectivity index (χ0) is 14.6. The first-order chi connectivity index (χ1) is 9.80. The molecule has 113 valence electrons. The van der Waals surface area contributed by atoms with Gasteiger partial charge in [-0.1, -0.05) is 37.3 Å². The molecule has 0 spiro atoms. The quantitative estimate of drug-likeness (QED) is 0.465. The highest BCUT2D eigenvalue weighted by molar-refractivity contribution is 6.43. The third-order valence-corrected chi connectivity index (χ3v) is 4.55. The number of benzene rings is 1. The molecular formula is C15H25O4Si. The van der Waals surface area contributed by atoms with Crippen LogP contribution in [0.15, 0.2) is 30.3 Å². The summed E-state index contributed by atoms with van der Waals surface area (Å²) < 4.78 is 22.0. The predicted molar refractivity (Wildman–Crippen MR) is 80.5 cm³/mol. The molecule has 4 nitrogen and oxygen atoms in total. The van der Waals surface area contributed by atoms with Gasteiger partial charge in [0.25, 0.3) is 0 Å². The van der Waals surface area contributed by atoms with Gasteiger partial charge in [0.05, 0.1) is 0 Å². The van der Waals surface area contributed by atoms with Gasteiger partial charge in [-0.05, 0) is 12.0 Å². The maximum Gasteiger partial charge on any atom is 0.389 e. The van der Waals surface area contributed by atoms with Crippen LogP contribution in [0, 0.1) is 0 Å². The van der Waals surface area contributed by atoms with Gasteiger partial charge in [0.15, 0.2) is 6.29 Å². The summed E-state index contributed by atoms with van der Waals surface area (Å²) >= 11 is 0. The highest BCUT2D eigenvalue weighted by atomic mass is 28.3. The lowest BCUT2D eigenvalue weighted by Gasteiger charge is -2.17. The van der Waals surface area contributed by atoms with Gasteiger partial charge in [0, 0.05) is 39.9 Å². The second-order valence-corrected chi connectivity index (χ2v) is 6.10. The molecule has 0 heterocycles. The molecule has 0 N–H and O–H groups in total. The largest absolute Gasteiger partial charge is 0.393 e. The Morgan fingerprint density at radius 2 is 1.65 bits per heavy atom. The molecule has 1 radical (unpaired) electrons. The molecule has 1 aromatic rings. The summed E-state index contributed by atoms with van der Waals surface area (Å²) in [5.41, 5.74) is 1.26. The fraction of sp³-hybridized carbons (Fsp3) is 0.600. The van der Waals surface area contributed by atoms with Gasteiger partial charge in [-0.3, -0.25) is 0 Å². The van der Waals surface area contributed by atoms with Crippen LogP contribution in [0.25, 0.3) is 0 Å². The maximum absolute atomic E-state index is 5.90. The lowest BCUT2D eigenvalue weighted by molar-refractivity contribution is -0.111. The highest BCUT2D eigenvalue weighted by Crippen LogP contribution is 2.07. The average Bonchev–Trinajstić information content (AvgIpc) is 2.50. The van der Waals surface area contributed by atoms with E-state index in [1.807, 2.05) is 18.2 Å². The van der Waals surface area contributed by atoms with Crippen LogP contribution < -0.4 is 0 Å². The Morgan fingerprint density at radius 1 is 1.00 bits per heavy atom. The molecule has 0 aliphatic carbocycles. The van der Waals surface area contributed by atoms with E-state index in [4.69, 9.17) is 18.3 Å². The Balaban J connectivity index is 2.39. The second kappa shape index (κ2) is 11.0. The van der Waals surface area contributed by atoms with E-state index in [0.29, 0.717) is 13.0 Å². The first-order valence-corrected chi connectivity index (χ1v) is 8.53. The van der Waals surface area contributed by atoms with E-state index >= 15 is 0 Å². The summed E-state index contributed by atoms with van der Waals surface area (Å²) in [5.74, 6) is 0. The van der Waals surface area contributed by atoms with E-state index in [1.54, 1.807) is 14.2 Å². The fourth-order valence-corrected chi connectivity index (χ4v) is 3.36. The minimum absolute atomic E-state index is 0.207. The zero-order valence-electron chi connectivity index (χ0n) is 12.6. The third-order valence-electron chi connectivity index (χ3n) is 2.80. The molecular weight excluding hydrogens is 272 g/mol. The summed E-state index contributed by atoms with van der Waals surface area (Å²) in [6.07, 6.45) is 1.51. The summed E-state index contributed by atoms with van der Waals surface area (Å²) in [6, 6.07) is 11.2. The SMILES string of the molecule is CCCO[Si](Cc1ccccc1)OCCC(OC)OC. The Morgan fingerprint density at radius 3 is 2.25 bits per heavy atom. The lowest BCUT2D eigenvalue weighted by atomic mass is 10.2. The van der Waals surface area contributed by atoms with E-state index in [2.05, 4.69) is 19.1 Å². The van der Waals surface area contributed by atoms with Gasteiger partial charge in [0.2, 0.25) is 0 Å². The van der Waals surface area contributed by atoms with Crippen molar-refractivity contribution in [1.82, 2.24) is 0 Å². The number of ether oxygens (including phenoxy) is 2. The predicted octanol–water partition coefficient (Wildman–Crippen LogP) is 2.71. The smallest absolute Gasteiger partial charge is 0.389 e. The highest BCUT2D eigenvalue weighted by Gasteiger charge is 2.17. The van der Waals surface area contributed by atoms with Crippen LogP contribution in [0.5, 0.6) is 0 Å². The lowest BCUT2D eigenvalue weighted by Crippen LogP contribution is -2.29.